The molecule has 0 heterocycles. The van der Waals surface area contributed by atoms with E-state index >= 15 is 0 Å². The zero-order chi connectivity index (χ0) is 27.8. The predicted molar refractivity (Wildman–Crippen MR) is 158 cm³/mol. The second-order valence-electron chi connectivity index (χ2n) is 12.5. The molecule has 1 saturated carbocycles. The van der Waals surface area contributed by atoms with Crippen LogP contribution in [-0.4, -0.2) is 22.4 Å². The van der Waals surface area contributed by atoms with E-state index in [0.29, 0.717) is 35.2 Å². The summed E-state index contributed by atoms with van der Waals surface area (Å²) in [5.74, 6) is 4.14. The summed E-state index contributed by atoms with van der Waals surface area (Å²) in [5.41, 5.74) is 1.91. The van der Waals surface area contributed by atoms with Crippen molar-refractivity contribution < 1.29 is 12.8 Å². The molecule has 37 heavy (non-hydrogen) atoms. The van der Waals surface area contributed by atoms with Gasteiger partial charge in [-0.2, -0.15) is 12.8 Å². The zero-order valence-corrected chi connectivity index (χ0v) is 26.2. The highest BCUT2D eigenvalue weighted by molar-refractivity contribution is 7.90. The van der Waals surface area contributed by atoms with Gasteiger partial charge in [-0.15, -0.1) is 6.42 Å². The lowest BCUT2D eigenvalue weighted by Gasteiger charge is -2.47. The van der Waals surface area contributed by atoms with Crippen LogP contribution in [0.25, 0.3) is 0 Å². The molecule has 3 aliphatic carbocycles. The number of sulfonamides is 1. The number of fused-ring (bicyclic) bond motifs is 3. The van der Waals surface area contributed by atoms with Gasteiger partial charge < -0.3 is 4.43 Å². The molecule has 0 saturated heterocycles. The lowest BCUT2D eigenvalue weighted by molar-refractivity contribution is 0.194. The molecule has 3 aliphatic rings. The number of aryl methyl sites for hydroxylation is 1. The maximum atomic E-state index is 13.6. The Morgan fingerprint density at radius 2 is 1.68 bits per heavy atom. The molecule has 1 aromatic rings. The van der Waals surface area contributed by atoms with Crippen molar-refractivity contribution in [1.29, 1.82) is 0 Å². The average molecular weight is 542 g/mol. The van der Waals surface area contributed by atoms with Crippen molar-refractivity contribution >= 4 is 24.1 Å². The molecule has 0 unspecified atom stereocenters. The van der Waals surface area contributed by atoms with Gasteiger partial charge in [0.2, 0.25) is 0 Å². The van der Waals surface area contributed by atoms with Gasteiger partial charge in [-0.05, 0) is 61.0 Å². The summed E-state index contributed by atoms with van der Waals surface area (Å²) in [4.78, 5) is 0.213. The lowest BCUT2D eigenvalue weighted by Crippen LogP contribution is -2.49. The van der Waals surface area contributed by atoms with Gasteiger partial charge in [-0.3, -0.25) is 0 Å². The molecular formula is C31H47NO3SSi. The summed E-state index contributed by atoms with van der Waals surface area (Å²) >= 11 is 0. The number of hydrogen-bond donors (Lipinski definition) is 0. The molecule has 0 N–H and O–H groups in total. The van der Waals surface area contributed by atoms with Crippen molar-refractivity contribution in [3.63, 3.8) is 0 Å². The van der Waals surface area contributed by atoms with Gasteiger partial charge in [0.25, 0.3) is 18.3 Å². The van der Waals surface area contributed by atoms with Gasteiger partial charge in [0.1, 0.15) is 0 Å². The van der Waals surface area contributed by atoms with Gasteiger partial charge in [0.15, 0.2) is 0 Å². The summed E-state index contributed by atoms with van der Waals surface area (Å²) < 4.78 is 39.0. The van der Waals surface area contributed by atoms with Gasteiger partial charge in [0, 0.05) is 17.8 Å². The summed E-state index contributed by atoms with van der Waals surface area (Å²) in [6.45, 7) is 20.1. The summed E-state index contributed by atoms with van der Waals surface area (Å²) in [7, 11) is -6.10. The number of rotatable bonds is 9. The Balaban J connectivity index is 2.20. The molecule has 204 valence electrons. The van der Waals surface area contributed by atoms with Crippen LogP contribution in [0.4, 0.5) is 0 Å². The van der Waals surface area contributed by atoms with Gasteiger partial charge in [-0.1, -0.05) is 85.4 Å². The van der Waals surface area contributed by atoms with E-state index < -0.39 is 23.8 Å². The van der Waals surface area contributed by atoms with E-state index in [-0.39, 0.29) is 16.2 Å². The first kappa shape index (κ1) is 29.7. The topological polar surface area (TPSA) is 55.7 Å². The number of hydrogen-bond acceptors (Lipinski definition) is 3. The number of terminal acetylenes is 1. The molecule has 0 spiro atoms. The highest BCUT2D eigenvalue weighted by atomic mass is 32.2. The molecule has 2 bridgehead atoms. The van der Waals surface area contributed by atoms with E-state index in [4.69, 9.17) is 10.8 Å². The second-order valence-corrected chi connectivity index (χ2v) is 19.5. The highest BCUT2D eigenvalue weighted by Crippen LogP contribution is 2.57. The number of nitrogens with zero attached hydrogens (tertiary/aromatic N) is 1. The van der Waals surface area contributed by atoms with Crippen molar-refractivity contribution in [3.05, 3.63) is 41.7 Å². The first-order chi connectivity index (χ1) is 17.2. The van der Waals surface area contributed by atoms with E-state index in [1.165, 1.54) is 0 Å². The summed E-state index contributed by atoms with van der Waals surface area (Å²) in [6.07, 6.45) is 12.5. The minimum absolute atomic E-state index is 0.00757. The van der Waals surface area contributed by atoms with Crippen molar-refractivity contribution in [2.24, 2.45) is 21.1 Å². The highest BCUT2D eigenvalue weighted by Gasteiger charge is 2.55. The lowest BCUT2D eigenvalue weighted by atomic mass is 9.68. The number of benzene rings is 1. The van der Waals surface area contributed by atoms with Crippen LogP contribution in [0.2, 0.25) is 16.6 Å². The molecule has 1 aromatic carbocycles. The molecule has 3 atom stereocenters. The largest absolute Gasteiger partial charge is 0.545 e. The Morgan fingerprint density at radius 3 is 2.16 bits per heavy atom. The summed E-state index contributed by atoms with van der Waals surface area (Å²) in [6, 6.07) is 6.90. The van der Waals surface area contributed by atoms with Gasteiger partial charge >= 0.3 is 0 Å². The minimum atomic E-state index is -3.89. The van der Waals surface area contributed by atoms with E-state index in [9.17, 15) is 8.42 Å². The molecule has 6 heteroatoms. The molecule has 0 amide bonds. The third-order valence-corrected chi connectivity index (χ3v) is 16.4. The van der Waals surface area contributed by atoms with Gasteiger partial charge in [0.05, 0.1) is 21.8 Å². The van der Waals surface area contributed by atoms with Crippen LogP contribution < -0.4 is 0 Å². The smallest absolute Gasteiger partial charge is 0.282 e. The maximum absolute atomic E-state index is 13.6. The molecule has 1 fully saturated rings. The standard InChI is InChI=1S/C31H47NO3SSi/c1-11-18-31(12-2)26-17-19-30(10,29(20-26)35-37(22(3)4,23(5)6)24(7)8)21-28(31)32-36(33,34)27-15-13-25(9)14-16-27/h2,13-16,20,22-24,26H,11,17-19,21H2,1,3-10H3/b32-28+/t26-,30-,31+/m1/s1. The van der Waals surface area contributed by atoms with Crippen molar-refractivity contribution in [2.75, 3.05) is 0 Å². The quantitative estimate of drug-likeness (QED) is 0.233. The van der Waals surface area contributed by atoms with Crippen molar-refractivity contribution in [2.45, 2.75) is 116 Å². The second kappa shape index (κ2) is 10.7. The third kappa shape index (κ3) is 5.23. The fourth-order valence-electron chi connectivity index (χ4n) is 7.08. The van der Waals surface area contributed by atoms with Crippen LogP contribution in [0.15, 0.2) is 45.4 Å². The van der Waals surface area contributed by atoms with Crippen molar-refractivity contribution in [3.8, 4) is 12.3 Å². The molecular weight excluding hydrogens is 494 g/mol. The molecule has 4 nitrogen and oxygen atoms in total. The van der Waals surface area contributed by atoms with E-state index in [2.05, 4.69) is 71.8 Å². The normalized spacial score (nSPS) is 27.5. The van der Waals surface area contributed by atoms with Crippen LogP contribution >= 0.6 is 0 Å². The fraction of sp³-hybridized carbons (Fsp3) is 0.645. The maximum Gasteiger partial charge on any atom is 0.282 e. The third-order valence-electron chi connectivity index (χ3n) is 9.11. The van der Waals surface area contributed by atoms with Crippen LogP contribution in [0.1, 0.15) is 93.1 Å². The Kier molecular flexibility index (Phi) is 8.62. The predicted octanol–water partition coefficient (Wildman–Crippen LogP) is 8.44. The van der Waals surface area contributed by atoms with E-state index in [1.54, 1.807) is 12.1 Å². The van der Waals surface area contributed by atoms with Crippen LogP contribution in [-0.2, 0) is 14.4 Å². The molecule has 0 radical (unpaired) electrons. The Morgan fingerprint density at radius 1 is 1.11 bits per heavy atom. The first-order valence-corrected chi connectivity index (χ1v) is 17.6. The van der Waals surface area contributed by atoms with E-state index in [0.717, 1.165) is 30.6 Å². The zero-order valence-electron chi connectivity index (χ0n) is 24.4. The Labute approximate surface area is 227 Å². The molecule has 4 rings (SSSR count). The summed E-state index contributed by atoms with van der Waals surface area (Å²) in [5, 5.41) is 0. The Hall–Kier alpha value is -1.84. The fourth-order valence-corrected chi connectivity index (χ4v) is 13.6. The van der Waals surface area contributed by atoms with E-state index in [1.807, 2.05) is 19.1 Å². The van der Waals surface area contributed by atoms with Gasteiger partial charge in [-0.25, -0.2) is 0 Å². The monoisotopic (exact) mass is 541 g/mol. The molecule has 0 aromatic heterocycles. The van der Waals surface area contributed by atoms with Crippen LogP contribution in [0.3, 0.4) is 0 Å². The van der Waals surface area contributed by atoms with Crippen molar-refractivity contribution in [1.82, 2.24) is 0 Å². The Bertz CT molecular complexity index is 1170. The van der Waals surface area contributed by atoms with Crippen LogP contribution in [0.5, 0.6) is 0 Å². The SMILES string of the molecule is C#C[C@@]1(CCC)/C(=N/S(=O)(=O)c2ccc(C)cc2)C[C@@]2(C)CC[C@@H]1C=C2O[Si](C(C)C)(C(C)C)C(C)C. The minimum Gasteiger partial charge on any atom is -0.545 e. The first-order valence-electron chi connectivity index (χ1n) is 14.0. The molecule has 0 aliphatic heterocycles. The average Bonchev–Trinajstić information content (AvgIpc) is 2.97. The van der Waals surface area contributed by atoms with Crippen LogP contribution in [0, 0.1) is 36.0 Å². The number of allylic oxidation sites excluding steroid dienone is 2.